The van der Waals surface area contributed by atoms with E-state index < -0.39 is 0 Å². The third kappa shape index (κ3) is 2.66. The van der Waals surface area contributed by atoms with Gasteiger partial charge in [0, 0.05) is 30.9 Å². The molecule has 2 N–H and O–H groups in total. The van der Waals surface area contributed by atoms with Gasteiger partial charge in [-0.3, -0.25) is 0 Å². The van der Waals surface area contributed by atoms with E-state index in [0.717, 1.165) is 24.6 Å². The second-order valence-corrected chi connectivity index (χ2v) is 4.43. The van der Waals surface area contributed by atoms with Gasteiger partial charge in [0.15, 0.2) is 0 Å². The maximum Gasteiger partial charge on any atom is 0.229 e. The van der Waals surface area contributed by atoms with Crippen LogP contribution in [0.3, 0.4) is 0 Å². The predicted octanol–water partition coefficient (Wildman–Crippen LogP) is 1.11. The summed E-state index contributed by atoms with van der Waals surface area (Å²) in [6.45, 7) is 3.59. The molecule has 1 aliphatic rings. The number of ether oxygens (including phenoxy) is 1. The molecule has 2 heterocycles. The molecule has 5 heteroatoms. The number of aromatic nitrogens is 2. The van der Waals surface area contributed by atoms with Gasteiger partial charge in [0.05, 0.1) is 7.11 Å². The van der Waals surface area contributed by atoms with Gasteiger partial charge in [-0.05, 0) is 26.2 Å². The van der Waals surface area contributed by atoms with Gasteiger partial charge in [-0.2, -0.15) is 4.98 Å². The highest BCUT2D eigenvalue weighted by atomic mass is 16.5. The zero-order valence-corrected chi connectivity index (χ0v) is 10.5. The third-order valence-corrected chi connectivity index (χ3v) is 3.18. The second-order valence-electron chi connectivity index (χ2n) is 4.43. The molecular formula is C12H20N4O. The Morgan fingerprint density at radius 1 is 1.47 bits per heavy atom. The molecule has 1 aromatic heterocycles. The van der Waals surface area contributed by atoms with Crippen LogP contribution in [0.25, 0.3) is 0 Å². The van der Waals surface area contributed by atoms with E-state index in [2.05, 4.69) is 14.9 Å². The van der Waals surface area contributed by atoms with Gasteiger partial charge in [0.25, 0.3) is 0 Å². The molecule has 2 rings (SSSR count). The monoisotopic (exact) mass is 236 g/mol. The minimum absolute atomic E-state index is 0.357. The molecule has 17 heavy (non-hydrogen) atoms. The molecule has 1 unspecified atom stereocenters. The molecule has 0 radical (unpaired) electrons. The van der Waals surface area contributed by atoms with E-state index in [0.29, 0.717) is 18.5 Å². The van der Waals surface area contributed by atoms with E-state index in [1.165, 1.54) is 12.8 Å². The fraction of sp³-hybridized carbons (Fsp3) is 0.667. The smallest absolute Gasteiger partial charge is 0.229 e. The van der Waals surface area contributed by atoms with E-state index in [1.54, 1.807) is 7.11 Å². The summed E-state index contributed by atoms with van der Waals surface area (Å²) in [6.07, 6.45) is 3.54. The SMILES string of the molecule is COc1cc(C)nc(N2CCCCC2CN)n1. The summed E-state index contributed by atoms with van der Waals surface area (Å²) in [4.78, 5) is 11.1. The lowest BCUT2D eigenvalue weighted by atomic mass is 10.0. The number of piperidine rings is 1. The van der Waals surface area contributed by atoms with Gasteiger partial charge in [-0.25, -0.2) is 4.98 Å². The van der Waals surface area contributed by atoms with Crippen LogP contribution >= 0.6 is 0 Å². The first kappa shape index (κ1) is 12.1. The molecule has 1 aliphatic heterocycles. The zero-order valence-electron chi connectivity index (χ0n) is 10.5. The lowest BCUT2D eigenvalue weighted by Crippen LogP contribution is -2.45. The van der Waals surface area contributed by atoms with Crippen LogP contribution in [0.5, 0.6) is 5.88 Å². The lowest BCUT2D eigenvalue weighted by molar-refractivity contribution is 0.393. The summed E-state index contributed by atoms with van der Waals surface area (Å²) >= 11 is 0. The number of hydrogen-bond acceptors (Lipinski definition) is 5. The van der Waals surface area contributed by atoms with Crippen LogP contribution < -0.4 is 15.4 Å². The molecule has 1 saturated heterocycles. The van der Waals surface area contributed by atoms with Crippen LogP contribution in [0.2, 0.25) is 0 Å². The van der Waals surface area contributed by atoms with Crippen molar-refractivity contribution in [3.8, 4) is 5.88 Å². The van der Waals surface area contributed by atoms with Crippen molar-refractivity contribution in [2.75, 3.05) is 25.1 Å². The van der Waals surface area contributed by atoms with Crippen molar-refractivity contribution in [2.24, 2.45) is 5.73 Å². The summed E-state index contributed by atoms with van der Waals surface area (Å²) in [5, 5.41) is 0. The van der Waals surface area contributed by atoms with Crippen LogP contribution in [-0.2, 0) is 0 Å². The minimum Gasteiger partial charge on any atom is -0.481 e. The average molecular weight is 236 g/mol. The molecule has 0 aliphatic carbocycles. The molecule has 1 fully saturated rings. The van der Waals surface area contributed by atoms with Crippen LogP contribution in [0.4, 0.5) is 5.95 Å². The summed E-state index contributed by atoms with van der Waals surface area (Å²) in [5.74, 6) is 1.37. The quantitative estimate of drug-likeness (QED) is 0.851. The average Bonchev–Trinajstić information content (AvgIpc) is 2.37. The first-order chi connectivity index (χ1) is 8.24. The Morgan fingerprint density at radius 2 is 2.29 bits per heavy atom. The fourth-order valence-electron chi connectivity index (χ4n) is 2.27. The Balaban J connectivity index is 2.27. The highest BCUT2D eigenvalue weighted by molar-refractivity contribution is 5.36. The van der Waals surface area contributed by atoms with Crippen LogP contribution in [0, 0.1) is 6.92 Å². The van der Waals surface area contributed by atoms with Gasteiger partial charge in [-0.1, -0.05) is 0 Å². The molecule has 5 nitrogen and oxygen atoms in total. The van der Waals surface area contributed by atoms with Crippen molar-refractivity contribution < 1.29 is 4.74 Å². The fourth-order valence-corrected chi connectivity index (χ4v) is 2.27. The minimum atomic E-state index is 0.357. The molecule has 0 spiro atoms. The first-order valence-electron chi connectivity index (χ1n) is 6.11. The van der Waals surface area contributed by atoms with Crippen LogP contribution in [0.1, 0.15) is 25.0 Å². The number of hydrogen-bond donors (Lipinski definition) is 1. The third-order valence-electron chi connectivity index (χ3n) is 3.18. The van der Waals surface area contributed by atoms with E-state index in [9.17, 15) is 0 Å². The molecular weight excluding hydrogens is 216 g/mol. The molecule has 0 saturated carbocycles. The Kier molecular flexibility index (Phi) is 3.78. The normalized spacial score (nSPS) is 20.4. The summed E-state index contributed by atoms with van der Waals surface area (Å²) in [7, 11) is 1.63. The van der Waals surface area contributed by atoms with Crippen molar-refractivity contribution in [2.45, 2.75) is 32.2 Å². The van der Waals surface area contributed by atoms with Gasteiger partial charge >= 0.3 is 0 Å². The first-order valence-corrected chi connectivity index (χ1v) is 6.11. The predicted molar refractivity (Wildman–Crippen MR) is 67.4 cm³/mol. The van der Waals surface area contributed by atoms with Crippen molar-refractivity contribution in [1.29, 1.82) is 0 Å². The van der Waals surface area contributed by atoms with E-state index in [1.807, 2.05) is 13.0 Å². The Bertz CT molecular complexity index is 383. The maximum atomic E-state index is 5.81. The number of anilines is 1. The number of rotatable bonds is 3. The zero-order chi connectivity index (χ0) is 12.3. The molecule has 0 amide bonds. The number of nitrogens with two attached hydrogens (primary N) is 1. The number of aryl methyl sites for hydroxylation is 1. The van der Waals surface area contributed by atoms with Crippen LogP contribution in [-0.4, -0.2) is 36.2 Å². The van der Waals surface area contributed by atoms with Gasteiger partial charge in [-0.15, -0.1) is 0 Å². The van der Waals surface area contributed by atoms with Gasteiger partial charge in [0.1, 0.15) is 0 Å². The van der Waals surface area contributed by atoms with Crippen molar-refractivity contribution in [3.63, 3.8) is 0 Å². The summed E-state index contributed by atoms with van der Waals surface area (Å²) in [5.41, 5.74) is 6.74. The second kappa shape index (κ2) is 5.31. The molecule has 0 bridgehead atoms. The number of methoxy groups -OCH3 is 1. The largest absolute Gasteiger partial charge is 0.481 e. The molecule has 94 valence electrons. The maximum absolute atomic E-state index is 5.81. The van der Waals surface area contributed by atoms with Crippen molar-refractivity contribution in [1.82, 2.24) is 9.97 Å². The molecule has 0 aromatic carbocycles. The Morgan fingerprint density at radius 3 is 3.00 bits per heavy atom. The van der Waals surface area contributed by atoms with E-state index in [4.69, 9.17) is 10.5 Å². The lowest BCUT2D eigenvalue weighted by Gasteiger charge is -2.35. The Labute approximate surface area is 102 Å². The molecule has 1 aromatic rings. The standard InChI is InChI=1S/C12H20N4O/c1-9-7-11(17-2)15-12(14-9)16-6-4-3-5-10(16)8-13/h7,10H,3-6,8,13H2,1-2H3. The van der Waals surface area contributed by atoms with Crippen molar-refractivity contribution in [3.05, 3.63) is 11.8 Å². The highest BCUT2D eigenvalue weighted by Crippen LogP contribution is 2.23. The van der Waals surface area contributed by atoms with E-state index in [-0.39, 0.29) is 0 Å². The highest BCUT2D eigenvalue weighted by Gasteiger charge is 2.23. The summed E-state index contributed by atoms with van der Waals surface area (Å²) in [6, 6.07) is 2.19. The number of nitrogens with zero attached hydrogens (tertiary/aromatic N) is 3. The van der Waals surface area contributed by atoms with Gasteiger partial charge in [0.2, 0.25) is 11.8 Å². The van der Waals surface area contributed by atoms with E-state index >= 15 is 0 Å². The topological polar surface area (TPSA) is 64.3 Å². The van der Waals surface area contributed by atoms with Crippen LogP contribution in [0.15, 0.2) is 6.07 Å². The summed E-state index contributed by atoms with van der Waals surface area (Å²) < 4.78 is 5.19. The van der Waals surface area contributed by atoms with Gasteiger partial charge < -0.3 is 15.4 Å². The molecule has 1 atom stereocenters. The van der Waals surface area contributed by atoms with Crippen molar-refractivity contribution >= 4 is 5.95 Å². The Hall–Kier alpha value is -1.36.